The molecule has 0 radical (unpaired) electrons. The van der Waals surface area contributed by atoms with Crippen LogP contribution in [0.3, 0.4) is 0 Å². The van der Waals surface area contributed by atoms with E-state index in [2.05, 4.69) is 4.74 Å². The first-order valence-corrected chi connectivity index (χ1v) is 4.80. The molecule has 1 aliphatic rings. The third-order valence-electron chi connectivity index (χ3n) is 2.68. The van der Waals surface area contributed by atoms with Crippen LogP contribution in [0.2, 0.25) is 0 Å². The van der Waals surface area contributed by atoms with Crippen LogP contribution in [0.25, 0.3) is 0 Å². The minimum absolute atomic E-state index is 0.0508. The Kier molecular flexibility index (Phi) is 2.88. The quantitative estimate of drug-likeness (QED) is 0.650. The third-order valence-corrected chi connectivity index (χ3v) is 2.68. The zero-order valence-corrected chi connectivity index (χ0v) is 9.49. The number of rotatable bonds is 2. The molecule has 0 aliphatic carbocycles. The fraction of sp³-hybridized carbons (Fsp3) is 0.636. The van der Waals surface area contributed by atoms with Crippen LogP contribution < -0.4 is 0 Å². The van der Waals surface area contributed by atoms with Crippen LogP contribution in [0.15, 0.2) is 12.2 Å². The maximum absolute atomic E-state index is 11.3. The Morgan fingerprint density at radius 2 is 2.13 bits per heavy atom. The standard InChI is InChI=1S/C11H16O4/c1-10(2,3)11(7-9(13)14-4)6-5-8(12)15-11/h5-6H,7H2,1-4H3. The van der Waals surface area contributed by atoms with Crippen molar-refractivity contribution >= 4 is 11.9 Å². The van der Waals surface area contributed by atoms with Gasteiger partial charge in [0.25, 0.3) is 0 Å². The highest BCUT2D eigenvalue weighted by molar-refractivity contribution is 5.86. The molecule has 84 valence electrons. The maximum atomic E-state index is 11.3. The van der Waals surface area contributed by atoms with Crippen molar-refractivity contribution in [1.29, 1.82) is 0 Å². The van der Waals surface area contributed by atoms with Gasteiger partial charge in [-0.3, -0.25) is 4.79 Å². The molecular weight excluding hydrogens is 196 g/mol. The van der Waals surface area contributed by atoms with Gasteiger partial charge in [-0.15, -0.1) is 0 Å². The van der Waals surface area contributed by atoms with Crippen LogP contribution in [-0.2, 0) is 19.1 Å². The molecule has 4 heteroatoms. The van der Waals surface area contributed by atoms with Gasteiger partial charge < -0.3 is 9.47 Å². The predicted octanol–water partition coefficient (Wildman–Crippen LogP) is 1.45. The van der Waals surface area contributed by atoms with E-state index in [0.717, 1.165) is 0 Å². The van der Waals surface area contributed by atoms with Gasteiger partial charge in [0.15, 0.2) is 0 Å². The molecule has 1 unspecified atom stereocenters. The van der Waals surface area contributed by atoms with E-state index >= 15 is 0 Å². The predicted molar refractivity (Wildman–Crippen MR) is 54.1 cm³/mol. The molecule has 0 aromatic carbocycles. The van der Waals surface area contributed by atoms with E-state index in [9.17, 15) is 9.59 Å². The Bertz CT molecular complexity index is 311. The van der Waals surface area contributed by atoms with Crippen LogP contribution in [0.4, 0.5) is 0 Å². The number of carbonyl (C=O) groups is 2. The smallest absolute Gasteiger partial charge is 0.331 e. The minimum Gasteiger partial charge on any atom is -0.469 e. The molecule has 0 spiro atoms. The monoisotopic (exact) mass is 212 g/mol. The highest BCUT2D eigenvalue weighted by atomic mass is 16.6. The molecule has 1 rings (SSSR count). The number of esters is 2. The summed E-state index contributed by atoms with van der Waals surface area (Å²) in [5, 5.41) is 0. The average molecular weight is 212 g/mol. The molecule has 1 aliphatic heterocycles. The summed E-state index contributed by atoms with van der Waals surface area (Å²) in [6.07, 6.45) is 3.05. The molecular formula is C11H16O4. The molecule has 0 saturated carbocycles. The second-order valence-corrected chi connectivity index (χ2v) is 4.65. The number of hydrogen-bond donors (Lipinski definition) is 0. The number of ether oxygens (including phenoxy) is 2. The SMILES string of the molecule is COC(=O)CC1(C(C)(C)C)C=CC(=O)O1. The molecule has 4 nitrogen and oxygen atoms in total. The van der Waals surface area contributed by atoms with E-state index in [4.69, 9.17) is 4.74 Å². The lowest BCUT2D eigenvalue weighted by molar-refractivity contribution is -0.162. The summed E-state index contributed by atoms with van der Waals surface area (Å²) in [6.45, 7) is 5.75. The molecule has 0 N–H and O–H groups in total. The van der Waals surface area contributed by atoms with Gasteiger partial charge >= 0.3 is 11.9 Å². The van der Waals surface area contributed by atoms with Crippen molar-refractivity contribution in [3.05, 3.63) is 12.2 Å². The topological polar surface area (TPSA) is 52.6 Å². The lowest BCUT2D eigenvalue weighted by atomic mass is 9.74. The lowest BCUT2D eigenvalue weighted by Gasteiger charge is -2.38. The summed E-state index contributed by atoms with van der Waals surface area (Å²) >= 11 is 0. The summed E-state index contributed by atoms with van der Waals surface area (Å²) < 4.78 is 9.84. The van der Waals surface area contributed by atoms with Gasteiger partial charge in [-0.25, -0.2) is 4.79 Å². The van der Waals surface area contributed by atoms with E-state index in [1.807, 2.05) is 20.8 Å². The Morgan fingerprint density at radius 3 is 2.47 bits per heavy atom. The van der Waals surface area contributed by atoms with Gasteiger partial charge in [0, 0.05) is 11.5 Å². The fourth-order valence-electron chi connectivity index (χ4n) is 1.50. The first kappa shape index (κ1) is 11.8. The minimum atomic E-state index is -0.878. The van der Waals surface area contributed by atoms with Gasteiger partial charge in [0.1, 0.15) is 5.60 Å². The summed E-state index contributed by atoms with van der Waals surface area (Å²) in [5.41, 5.74) is -1.22. The van der Waals surface area contributed by atoms with Crippen LogP contribution in [0.1, 0.15) is 27.2 Å². The van der Waals surface area contributed by atoms with Gasteiger partial charge in [0.05, 0.1) is 13.5 Å². The van der Waals surface area contributed by atoms with Crippen molar-refractivity contribution in [2.24, 2.45) is 5.41 Å². The van der Waals surface area contributed by atoms with Gasteiger partial charge in [-0.1, -0.05) is 20.8 Å². The van der Waals surface area contributed by atoms with Crippen LogP contribution in [0, 0.1) is 5.41 Å². The molecule has 15 heavy (non-hydrogen) atoms. The first-order valence-electron chi connectivity index (χ1n) is 4.80. The zero-order valence-electron chi connectivity index (χ0n) is 9.49. The molecule has 0 aromatic rings. The first-order chi connectivity index (χ1) is 6.81. The number of cyclic esters (lactones) is 1. The Morgan fingerprint density at radius 1 is 1.53 bits per heavy atom. The van der Waals surface area contributed by atoms with Crippen LogP contribution >= 0.6 is 0 Å². The number of methoxy groups -OCH3 is 1. The van der Waals surface area contributed by atoms with Crippen LogP contribution in [-0.4, -0.2) is 24.6 Å². The van der Waals surface area contributed by atoms with Crippen molar-refractivity contribution in [1.82, 2.24) is 0 Å². The fourth-order valence-corrected chi connectivity index (χ4v) is 1.50. The van der Waals surface area contributed by atoms with E-state index in [1.54, 1.807) is 6.08 Å². The van der Waals surface area contributed by atoms with E-state index in [-0.39, 0.29) is 17.8 Å². The van der Waals surface area contributed by atoms with Crippen LogP contribution in [0.5, 0.6) is 0 Å². The highest BCUT2D eigenvalue weighted by Crippen LogP contribution is 2.41. The summed E-state index contributed by atoms with van der Waals surface area (Å²) in [6, 6.07) is 0. The van der Waals surface area contributed by atoms with Crippen molar-refractivity contribution in [3.63, 3.8) is 0 Å². The molecule has 0 bridgehead atoms. The van der Waals surface area contributed by atoms with E-state index < -0.39 is 11.6 Å². The molecule has 0 amide bonds. The summed E-state index contributed by atoms with van der Waals surface area (Å²) in [4.78, 5) is 22.4. The molecule has 0 fully saturated rings. The van der Waals surface area contributed by atoms with E-state index in [1.165, 1.54) is 13.2 Å². The van der Waals surface area contributed by atoms with Crippen molar-refractivity contribution in [2.75, 3.05) is 7.11 Å². The normalized spacial score (nSPS) is 25.2. The zero-order chi connectivity index (χ0) is 11.7. The molecule has 1 heterocycles. The number of hydrogen-bond acceptors (Lipinski definition) is 4. The second kappa shape index (κ2) is 3.68. The van der Waals surface area contributed by atoms with Gasteiger partial charge in [-0.05, 0) is 6.08 Å². The molecule has 0 saturated heterocycles. The number of carbonyl (C=O) groups excluding carboxylic acids is 2. The second-order valence-electron chi connectivity index (χ2n) is 4.65. The van der Waals surface area contributed by atoms with E-state index in [0.29, 0.717) is 0 Å². The Labute approximate surface area is 89.2 Å². The van der Waals surface area contributed by atoms with Crippen molar-refractivity contribution in [3.8, 4) is 0 Å². The maximum Gasteiger partial charge on any atom is 0.331 e. The molecule has 1 atom stereocenters. The van der Waals surface area contributed by atoms with Gasteiger partial charge in [0.2, 0.25) is 0 Å². The average Bonchev–Trinajstić information content (AvgIpc) is 2.47. The van der Waals surface area contributed by atoms with Gasteiger partial charge in [-0.2, -0.15) is 0 Å². The van der Waals surface area contributed by atoms with Crippen molar-refractivity contribution in [2.45, 2.75) is 32.8 Å². The Hall–Kier alpha value is -1.32. The molecule has 0 aromatic heterocycles. The highest BCUT2D eigenvalue weighted by Gasteiger charge is 2.48. The summed E-state index contributed by atoms with van der Waals surface area (Å²) in [7, 11) is 1.32. The Balaban J connectivity index is 2.95. The third kappa shape index (κ3) is 2.19. The lowest BCUT2D eigenvalue weighted by Crippen LogP contribution is -2.44. The summed E-state index contributed by atoms with van der Waals surface area (Å²) in [5.74, 6) is -0.793. The van der Waals surface area contributed by atoms with Crippen molar-refractivity contribution < 1.29 is 19.1 Å². The largest absolute Gasteiger partial charge is 0.469 e.